The minimum atomic E-state index is -0.372. The van der Waals surface area contributed by atoms with Crippen molar-refractivity contribution in [3.05, 3.63) is 0 Å². The van der Waals surface area contributed by atoms with Crippen LogP contribution in [0.2, 0.25) is 0 Å². The van der Waals surface area contributed by atoms with Crippen LogP contribution in [0.25, 0.3) is 0 Å². The first-order valence-electron chi connectivity index (χ1n) is 4.41. The predicted molar refractivity (Wildman–Crippen MR) is 44.5 cm³/mol. The summed E-state index contributed by atoms with van der Waals surface area (Å²) in [7, 11) is 1.73. The third-order valence-corrected chi connectivity index (χ3v) is 2.75. The van der Waals surface area contributed by atoms with Crippen LogP contribution in [0.15, 0.2) is 0 Å². The van der Waals surface area contributed by atoms with Gasteiger partial charge in [-0.15, -0.1) is 0 Å². The highest BCUT2D eigenvalue weighted by Crippen LogP contribution is 2.36. The molecule has 1 aliphatic rings. The van der Waals surface area contributed by atoms with Crippen molar-refractivity contribution < 1.29 is 9.84 Å². The van der Waals surface area contributed by atoms with Gasteiger partial charge in [-0.1, -0.05) is 6.92 Å². The van der Waals surface area contributed by atoms with E-state index in [9.17, 15) is 5.11 Å². The van der Waals surface area contributed by atoms with Gasteiger partial charge in [-0.3, -0.25) is 0 Å². The Morgan fingerprint density at radius 2 is 2.36 bits per heavy atom. The van der Waals surface area contributed by atoms with Crippen molar-refractivity contribution in [2.75, 3.05) is 13.7 Å². The van der Waals surface area contributed by atoms with Crippen LogP contribution in [0.1, 0.15) is 32.6 Å². The Bertz CT molecular complexity index is 125. The maximum Gasteiger partial charge on any atom is 0.0648 e. The quantitative estimate of drug-likeness (QED) is 0.675. The minimum Gasteiger partial charge on any atom is -0.390 e. The zero-order chi connectivity index (χ0) is 8.32. The van der Waals surface area contributed by atoms with E-state index in [2.05, 4.69) is 6.92 Å². The average molecular weight is 158 g/mol. The molecule has 0 aliphatic heterocycles. The van der Waals surface area contributed by atoms with E-state index in [1.165, 1.54) is 0 Å². The van der Waals surface area contributed by atoms with Gasteiger partial charge in [-0.25, -0.2) is 0 Å². The molecule has 2 unspecified atom stereocenters. The summed E-state index contributed by atoms with van der Waals surface area (Å²) in [5.41, 5.74) is -0.372. The van der Waals surface area contributed by atoms with Gasteiger partial charge in [-0.2, -0.15) is 0 Å². The fraction of sp³-hybridized carbons (Fsp3) is 1.00. The maximum absolute atomic E-state index is 9.84. The van der Waals surface area contributed by atoms with Crippen LogP contribution in [0.5, 0.6) is 0 Å². The standard InChI is InChI=1S/C9H18O2/c1-3-9(10)5-4-8(6-9)7-11-2/h8,10H,3-7H2,1-2H3. The van der Waals surface area contributed by atoms with E-state index in [0.717, 1.165) is 32.3 Å². The molecule has 66 valence electrons. The molecule has 0 aromatic heterocycles. The highest BCUT2D eigenvalue weighted by atomic mass is 16.5. The summed E-state index contributed by atoms with van der Waals surface area (Å²) < 4.78 is 5.05. The summed E-state index contributed by atoms with van der Waals surface area (Å²) in [5.74, 6) is 0.588. The molecule has 1 aliphatic carbocycles. The van der Waals surface area contributed by atoms with Crippen LogP contribution >= 0.6 is 0 Å². The molecule has 0 aromatic carbocycles. The van der Waals surface area contributed by atoms with Gasteiger partial charge in [0.15, 0.2) is 0 Å². The van der Waals surface area contributed by atoms with E-state index in [0.29, 0.717) is 5.92 Å². The van der Waals surface area contributed by atoms with Gasteiger partial charge in [0.05, 0.1) is 5.60 Å². The molecule has 0 aromatic rings. The number of ether oxygens (including phenoxy) is 1. The van der Waals surface area contributed by atoms with Crippen molar-refractivity contribution in [2.24, 2.45) is 5.92 Å². The van der Waals surface area contributed by atoms with Gasteiger partial charge in [0.25, 0.3) is 0 Å². The highest BCUT2D eigenvalue weighted by molar-refractivity contribution is 4.87. The van der Waals surface area contributed by atoms with Crippen LogP contribution in [-0.4, -0.2) is 24.4 Å². The van der Waals surface area contributed by atoms with E-state index in [1.54, 1.807) is 7.11 Å². The van der Waals surface area contributed by atoms with Gasteiger partial charge in [0.1, 0.15) is 0 Å². The number of methoxy groups -OCH3 is 1. The molecule has 2 atom stereocenters. The summed E-state index contributed by atoms with van der Waals surface area (Å²) in [5, 5.41) is 9.84. The molecule has 0 spiro atoms. The Morgan fingerprint density at radius 1 is 1.64 bits per heavy atom. The summed E-state index contributed by atoms with van der Waals surface area (Å²) in [6, 6.07) is 0. The van der Waals surface area contributed by atoms with Crippen LogP contribution in [0, 0.1) is 5.92 Å². The fourth-order valence-corrected chi connectivity index (χ4v) is 1.91. The second kappa shape index (κ2) is 3.55. The topological polar surface area (TPSA) is 29.5 Å². The summed E-state index contributed by atoms with van der Waals surface area (Å²) in [4.78, 5) is 0. The van der Waals surface area contributed by atoms with Gasteiger partial charge < -0.3 is 9.84 Å². The number of rotatable bonds is 3. The monoisotopic (exact) mass is 158 g/mol. The summed E-state index contributed by atoms with van der Waals surface area (Å²) in [6.07, 6.45) is 3.89. The maximum atomic E-state index is 9.84. The van der Waals surface area contributed by atoms with Crippen molar-refractivity contribution in [3.63, 3.8) is 0 Å². The Balaban J connectivity index is 2.33. The number of hydrogen-bond acceptors (Lipinski definition) is 2. The molecule has 1 fully saturated rings. The lowest BCUT2D eigenvalue weighted by atomic mass is 9.98. The normalized spacial score (nSPS) is 37.9. The molecule has 1 saturated carbocycles. The first-order chi connectivity index (χ1) is 5.20. The van der Waals surface area contributed by atoms with Crippen LogP contribution in [0.3, 0.4) is 0 Å². The van der Waals surface area contributed by atoms with Crippen molar-refractivity contribution in [2.45, 2.75) is 38.2 Å². The van der Waals surface area contributed by atoms with Crippen molar-refractivity contribution in [1.29, 1.82) is 0 Å². The third-order valence-electron chi connectivity index (χ3n) is 2.75. The van der Waals surface area contributed by atoms with Crippen molar-refractivity contribution >= 4 is 0 Å². The molecule has 2 nitrogen and oxygen atoms in total. The van der Waals surface area contributed by atoms with E-state index in [4.69, 9.17) is 4.74 Å². The Kier molecular flexibility index (Phi) is 2.90. The molecule has 2 heteroatoms. The second-order valence-corrected chi connectivity index (χ2v) is 3.64. The van der Waals surface area contributed by atoms with Gasteiger partial charge in [-0.05, 0) is 31.6 Å². The highest BCUT2D eigenvalue weighted by Gasteiger charge is 2.35. The van der Waals surface area contributed by atoms with Crippen molar-refractivity contribution in [3.8, 4) is 0 Å². The summed E-state index contributed by atoms with van der Waals surface area (Å²) in [6.45, 7) is 2.86. The molecular formula is C9H18O2. The summed E-state index contributed by atoms with van der Waals surface area (Å²) >= 11 is 0. The Morgan fingerprint density at radius 3 is 2.82 bits per heavy atom. The molecule has 0 saturated heterocycles. The van der Waals surface area contributed by atoms with E-state index >= 15 is 0 Å². The lowest BCUT2D eigenvalue weighted by molar-refractivity contribution is 0.0339. The van der Waals surface area contributed by atoms with Crippen LogP contribution in [-0.2, 0) is 4.74 Å². The van der Waals surface area contributed by atoms with Crippen LogP contribution < -0.4 is 0 Å². The molecule has 1 rings (SSSR count). The number of aliphatic hydroxyl groups is 1. The van der Waals surface area contributed by atoms with Crippen molar-refractivity contribution in [1.82, 2.24) is 0 Å². The molecular weight excluding hydrogens is 140 g/mol. The van der Waals surface area contributed by atoms with E-state index < -0.39 is 0 Å². The molecule has 1 N–H and O–H groups in total. The average Bonchev–Trinajstić information content (AvgIpc) is 2.35. The zero-order valence-electron chi connectivity index (χ0n) is 7.47. The fourth-order valence-electron chi connectivity index (χ4n) is 1.91. The predicted octanol–water partition coefficient (Wildman–Crippen LogP) is 1.57. The zero-order valence-corrected chi connectivity index (χ0v) is 7.47. The molecule has 0 heterocycles. The second-order valence-electron chi connectivity index (χ2n) is 3.64. The lowest BCUT2D eigenvalue weighted by Crippen LogP contribution is -2.23. The third kappa shape index (κ3) is 2.17. The van der Waals surface area contributed by atoms with E-state index in [-0.39, 0.29) is 5.60 Å². The van der Waals surface area contributed by atoms with Crippen LogP contribution in [0.4, 0.5) is 0 Å². The number of hydrogen-bond donors (Lipinski definition) is 1. The Hall–Kier alpha value is -0.0800. The smallest absolute Gasteiger partial charge is 0.0648 e. The van der Waals surface area contributed by atoms with Gasteiger partial charge >= 0.3 is 0 Å². The first kappa shape index (κ1) is 9.01. The van der Waals surface area contributed by atoms with Gasteiger partial charge in [0.2, 0.25) is 0 Å². The first-order valence-corrected chi connectivity index (χ1v) is 4.41. The van der Waals surface area contributed by atoms with Gasteiger partial charge in [0, 0.05) is 13.7 Å². The SMILES string of the molecule is CCC1(O)CCC(COC)C1. The molecule has 0 amide bonds. The molecule has 0 bridgehead atoms. The molecule has 11 heavy (non-hydrogen) atoms. The largest absolute Gasteiger partial charge is 0.390 e. The minimum absolute atomic E-state index is 0.372. The Labute approximate surface area is 68.6 Å². The molecule has 0 radical (unpaired) electrons. The van der Waals surface area contributed by atoms with E-state index in [1.807, 2.05) is 0 Å². The lowest BCUT2D eigenvalue weighted by Gasteiger charge is -2.19.